The number of nitrogens with two attached hydrogens (primary N) is 1. The van der Waals surface area contributed by atoms with E-state index >= 15 is 0 Å². The maximum Gasteiger partial charge on any atom is 0.145 e. The molecule has 0 saturated heterocycles. The number of hydrogen-bond donors (Lipinski definition) is 1. The van der Waals surface area contributed by atoms with E-state index in [4.69, 9.17) is 20.5 Å². The largest absolute Gasteiger partial charge is 0.496 e. The number of hydrogen-bond acceptors (Lipinski definition) is 5. The molecule has 0 aliphatic heterocycles. The Morgan fingerprint density at radius 3 is 2.47 bits per heavy atom. The van der Waals surface area contributed by atoms with Crippen molar-refractivity contribution in [1.29, 1.82) is 5.26 Å². The van der Waals surface area contributed by atoms with Crippen LogP contribution in [0.25, 0.3) is 10.9 Å². The third kappa shape index (κ3) is 1.70. The van der Waals surface area contributed by atoms with Crippen molar-refractivity contribution in [1.82, 2.24) is 4.98 Å². The molecule has 17 heavy (non-hydrogen) atoms. The molecule has 0 spiro atoms. The quantitative estimate of drug-likeness (QED) is 0.847. The zero-order valence-corrected chi connectivity index (χ0v) is 9.52. The van der Waals surface area contributed by atoms with Crippen LogP contribution in [0.1, 0.15) is 5.69 Å². The molecule has 1 heterocycles. The molecule has 0 atom stereocenters. The van der Waals surface area contributed by atoms with Crippen LogP contribution in [0.2, 0.25) is 0 Å². The first-order valence-corrected chi connectivity index (χ1v) is 4.92. The van der Waals surface area contributed by atoms with Crippen molar-refractivity contribution in [3.05, 3.63) is 23.9 Å². The lowest BCUT2D eigenvalue weighted by atomic mass is 10.1. The molecule has 0 bridgehead atoms. The first kappa shape index (κ1) is 11.0. The standard InChI is InChI=1S/C12H11N3O2/c1-16-9-3-4-10(17-2)12-11(9)8(14)5-7(6-13)15-12/h3-5H,1-2H3,(H2,14,15). The lowest BCUT2D eigenvalue weighted by molar-refractivity contribution is 0.410. The fraction of sp³-hybridized carbons (Fsp3) is 0.167. The number of anilines is 1. The second-order valence-electron chi connectivity index (χ2n) is 3.40. The minimum atomic E-state index is 0.251. The number of nitrogen functional groups attached to an aromatic ring is 1. The molecule has 5 nitrogen and oxygen atoms in total. The normalized spacial score (nSPS) is 9.94. The Labute approximate surface area is 98.4 Å². The molecule has 0 unspecified atom stereocenters. The van der Waals surface area contributed by atoms with Gasteiger partial charge in [-0.1, -0.05) is 0 Å². The molecule has 2 rings (SSSR count). The second-order valence-corrected chi connectivity index (χ2v) is 3.40. The lowest BCUT2D eigenvalue weighted by Crippen LogP contribution is -1.97. The van der Waals surface area contributed by atoms with Crippen LogP contribution in [0, 0.1) is 11.3 Å². The molecule has 1 aromatic heterocycles. The van der Waals surface area contributed by atoms with Crippen LogP contribution in [0.5, 0.6) is 11.5 Å². The van der Waals surface area contributed by atoms with Gasteiger partial charge in [0.2, 0.25) is 0 Å². The minimum Gasteiger partial charge on any atom is -0.496 e. The molecular weight excluding hydrogens is 218 g/mol. The van der Waals surface area contributed by atoms with Crippen molar-refractivity contribution < 1.29 is 9.47 Å². The number of benzene rings is 1. The first-order chi connectivity index (χ1) is 8.21. The zero-order valence-electron chi connectivity index (χ0n) is 9.52. The Kier molecular flexibility index (Phi) is 2.71. The Morgan fingerprint density at radius 2 is 1.88 bits per heavy atom. The van der Waals surface area contributed by atoms with Gasteiger partial charge in [-0.3, -0.25) is 0 Å². The number of aromatic nitrogens is 1. The predicted octanol–water partition coefficient (Wildman–Crippen LogP) is 1.71. The van der Waals surface area contributed by atoms with Gasteiger partial charge >= 0.3 is 0 Å². The van der Waals surface area contributed by atoms with Crippen LogP contribution >= 0.6 is 0 Å². The van der Waals surface area contributed by atoms with E-state index in [0.717, 1.165) is 0 Å². The summed E-state index contributed by atoms with van der Waals surface area (Å²) in [7, 11) is 3.09. The third-order valence-electron chi connectivity index (χ3n) is 2.47. The Balaban J connectivity index is 2.91. The average Bonchev–Trinajstić information content (AvgIpc) is 2.37. The maximum atomic E-state index is 8.87. The molecule has 0 amide bonds. The summed E-state index contributed by atoms with van der Waals surface area (Å²) in [5.74, 6) is 1.17. The molecule has 86 valence electrons. The summed E-state index contributed by atoms with van der Waals surface area (Å²) in [6.07, 6.45) is 0. The number of ether oxygens (including phenoxy) is 2. The highest BCUT2D eigenvalue weighted by molar-refractivity contribution is 5.99. The maximum absolute atomic E-state index is 8.87. The van der Waals surface area contributed by atoms with E-state index in [9.17, 15) is 0 Å². The van der Waals surface area contributed by atoms with Crippen LogP contribution in [-0.4, -0.2) is 19.2 Å². The SMILES string of the molecule is COc1ccc(OC)c2c(N)cc(C#N)nc12. The molecule has 2 aromatic rings. The molecule has 0 fully saturated rings. The van der Waals surface area contributed by atoms with Gasteiger partial charge in [0.1, 0.15) is 28.8 Å². The predicted molar refractivity (Wildman–Crippen MR) is 64.0 cm³/mol. The van der Waals surface area contributed by atoms with Crippen LogP contribution in [0.4, 0.5) is 5.69 Å². The van der Waals surface area contributed by atoms with Gasteiger partial charge in [0.05, 0.1) is 19.6 Å². The summed E-state index contributed by atoms with van der Waals surface area (Å²) < 4.78 is 10.4. The van der Waals surface area contributed by atoms with Gasteiger partial charge in [-0.15, -0.1) is 0 Å². The second kappa shape index (κ2) is 4.18. The fourth-order valence-corrected chi connectivity index (χ4v) is 1.71. The monoisotopic (exact) mass is 229 g/mol. The van der Waals surface area contributed by atoms with E-state index in [1.807, 2.05) is 6.07 Å². The number of rotatable bonds is 2. The summed E-state index contributed by atoms with van der Waals surface area (Å²) in [5, 5.41) is 9.53. The van der Waals surface area contributed by atoms with Gasteiger partial charge in [0, 0.05) is 5.69 Å². The highest BCUT2D eigenvalue weighted by Gasteiger charge is 2.13. The van der Waals surface area contributed by atoms with Gasteiger partial charge in [0.25, 0.3) is 0 Å². The molecular formula is C12H11N3O2. The van der Waals surface area contributed by atoms with Crippen LogP contribution in [-0.2, 0) is 0 Å². The number of fused-ring (bicyclic) bond motifs is 1. The fourth-order valence-electron chi connectivity index (χ4n) is 1.71. The lowest BCUT2D eigenvalue weighted by Gasteiger charge is -2.11. The van der Waals surface area contributed by atoms with Crippen molar-refractivity contribution in [2.45, 2.75) is 0 Å². The van der Waals surface area contributed by atoms with E-state index in [0.29, 0.717) is 28.1 Å². The Hall–Kier alpha value is -2.48. The van der Waals surface area contributed by atoms with Gasteiger partial charge in [0.15, 0.2) is 0 Å². The number of methoxy groups -OCH3 is 2. The molecule has 0 aliphatic rings. The summed E-state index contributed by atoms with van der Waals surface area (Å²) in [6, 6.07) is 6.97. The van der Waals surface area contributed by atoms with E-state index in [2.05, 4.69) is 4.98 Å². The number of nitrogens with zero attached hydrogens (tertiary/aromatic N) is 2. The van der Waals surface area contributed by atoms with Gasteiger partial charge in [-0.25, -0.2) is 4.98 Å². The Morgan fingerprint density at radius 1 is 1.24 bits per heavy atom. The smallest absolute Gasteiger partial charge is 0.145 e. The molecule has 2 N–H and O–H groups in total. The van der Waals surface area contributed by atoms with Gasteiger partial charge in [-0.2, -0.15) is 5.26 Å². The van der Waals surface area contributed by atoms with Gasteiger partial charge in [-0.05, 0) is 18.2 Å². The molecule has 5 heteroatoms. The Bertz CT molecular complexity index is 617. The van der Waals surface area contributed by atoms with Crippen molar-refractivity contribution >= 4 is 16.6 Å². The van der Waals surface area contributed by atoms with Crippen molar-refractivity contribution in [3.63, 3.8) is 0 Å². The summed E-state index contributed by atoms with van der Waals surface area (Å²) in [5.41, 5.74) is 7.13. The minimum absolute atomic E-state index is 0.251. The first-order valence-electron chi connectivity index (χ1n) is 4.92. The number of nitriles is 1. The van der Waals surface area contributed by atoms with Gasteiger partial charge < -0.3 is 15.2 Å². The van der Waals surface area contributed by atoms with Crippen LogP contribution < -0.4 is 15.2 Å². The van der Waals surface area contributed by atoms with Crippen molar-refractivity contribution in [3.8, 4) is 17.6 Å². The van der Waals surface area contributed by atoms with E-state index in [1.165, 1.54) is 13.2 Å². The summed E-state index contributed by atoms with van der Waals surface area (Å²) in [6.45, 7) is 0. The molecule has 0 radical (unpaired) electrons. The molecule has 0 saturated carbocycles. The van der Waals surface area contributed by atoms with Crippen molar-refractivity contribution in [2.24, 2.45) is 0 Å². The topological polar surface area (TPSA) is 81.2 Å². The van der Waals surface area contributed by atoms with Crippen LogP contribution in [0.15, 0.2) is 18.2 Å². The summed E-state index contributed by atoms with van der Waals surface area (Å²) >= 11 is 0. The molecule has 0 aliphatic carbocycles. The zero-order chi connectivity index (χ0) is 12.4. The number of pyridine rings is 1. The third-order valence-corrected chi connectivity index (χ3v) is 2.47. The van der Waals surface area contributed by atoms with E-state index < -0.39 is 0 Å². The van der Waals surface area contributed by atoms with Crippen LogP contribution in [0.3, 0.4) is 0 Å². The summed E-state index contributed by atoms with van der Waals surface area (Å²) in [4.78, 5) is 4.19. The van der Waals surface area contributed by atoms with E-state index in [1.54, 1.807) is 19.2 Å². The van der Waals surface area contributed by atoms with Crippen molar-refractivity contribution in [2.75, 3.05) is 20.0 Å². The average molecular weight is 229 g/mol. The highest BCUT2D eigenvalue weighted by atomic mass is 16.5. The van der Waals surface area contributed by atoms with E-state index in [-0.39, 0.29) is 5.69 Å². The molecule has 1 aromatic carbocycles. The highest BCUT2D eigenvalue weighted by Crippen LogP contribution is 2.35.